The van der Waals surface area contributed by atoms with E-state index < -0.39 is 16.0 Å². The third kappa shape index (κ3) is 5.47. The molecule has 6 nitrogen and oxygen atoms in total. The van der Waals surface area contributed by atoms with Gasteiger partial charge in [0.15, 0.2) is 0 Å². The number of rotatable bonds is 8. The quantitative estimate of drug-likeness (QED) is 0.512. The van der Waals surface area contributed by atoms with Crippen molar-refractivity contribution in [2.45, 2.75) is 31.6 Å². The van der Waals surface area contributed by atoms with E-state index in [4.69, 9.17) is 21.1 Å². The molecule has 152 valence electrons. The number of halogens is 1. The highest BCUT2D eigenvalue weighted by molar-refractivity contribution is 7.89. The van der Waals surface area contributed by atoms with Gasteiger partial charge in [-0.15, -0.1) is 0 Å². The van der Waals surface area contributed by atoms with Crippen molar-refractivity contribution in [3.05, 3.63) is 58.1 Å². The molecule has 0 saturated carbocycles. The standard InChI is InChI=1S/C20H24ClNO5S/c1-13(2)17-7-6-16(11-14(17)3)26-9-10-27-20(23)15-5-8-18(21)19(12-15)28(24,25)22-4/h5-8,11-13,22H,9-10H2,1-4H3. The summed E-state index contributed by atoms with van der Waals surface area (Å²) in [6.45, 7) is 6.50. The highest BCUT2D eigenvalue weighted by Gasteiger charge is 2.19. The Morgan fingerprint density at radius 2 is 1.86 bits per heavy atom. The lowest BCUT2D eigenvalue weighted by Gasteiger charge is -2.13. The summed E-state index contributed by atoms with van der Waals surface area (Å²) >= 11 is 5.91. The first-order valence-corrected chi connectivity index (χ1v) is 10.7. The fourth-order valence-electron chi connectivity index (χ4n) is 2.71. The van der Waals surface area contributed by atoms with Crippen molar-refractivity contribution in [3.8, 4) is 5.75 Å². The Hall–Kier alpha value is -2.09. The van der Waals surface area contributed by atoms with Gasteiger partial charge >= 0.3 is 5.97 Å². The SMILES string of the molecule is CNS(=O)(=O)c1cc(C(=O)OCCOc2ccc(C(C)C)c(C)c2)ccc1Cl. The van der Waals surface area contributed by atoms with Gasteiger partial charge in [0.1, 0.15) is 23.9 Å². The van der Waals surface area contributed by atoms with E-state index in [1.807, 2.05) is 25.1 Å². The van der Waals surface area contributed by atoms with Crippen molar-refractivity contribution in [1.82, 2.24) is 4.72 Å². The molecule has 0 aliphatic rings. The van der Waals surface area contributed by atoms with Crippen LogP contribution in [0.15, 0.2) is 41.3 Å². The molecule has 0 aromatic heterocycles. The second-order valence-corrected chi connectivity index (χ2v) is 8.77. The lowest BCUT2D eigenvalue weighted by atomic mass is 9.98. The van der Waals surface area contributed by atoms with E-state index in [1.54, 1.807) is 0 Å². The summed E-state index contributed by atoms with van der Waals surface area (Å²) < 4.78 is 36.8. The second kappa shape index (κ2) is 9.41. The normalized spacial score (nSPS) is 11.5. The number of esters is 1. The van der Waals surface area contributed by atoms with Gasteiger partial charge in [0.05, 0.1) is 10.6 Å². The van der Waals surface area contributed by atoms with Crippen LogP contribution in [0.2, 0.25) is 5.02 Å². The van der Waals surface area contributed by atoms with Crippen molar-refractivity contribution >= 4 is 27.6 Å². The number of sulfonamides is 1. The van der Waals surface area contributed by atoms with Crippen LogP contribution < -0.4 is 9.46 Å². The maximum absolute atomic E-state index is 12.2. The van der Waals surface area contributed by atoms with Crippen molar-refractivity contribution in [2.75, 3.05) is 20.3 Å². The summed E-state index contributed by atoms with van der Waals surface area (Å²) in [5, 5.41) is 0.0226. The number of hydrogen-bond acceptors (Lipinski definition) is 5. The molecule has 0 radical (unpaired) electrons. The highest BCUT2D eigenvalue weighted by Crippen LogP contribution is 2.24. The monoisotopic (exact) mass is 425 g/mol. The smallest absolute Gasteiger partial charge is 0.338 e. The van der Waals surface area contributed by atoms with E-state index in [-0.39, 0.29) is 28.7 Å². The predicted octanol–water partition coefficient (Wildman–Crippen LogP) is 3.92. The first-order chi connectivity index (χ1) is 13.2. The van der Waals surface area contributed by atoms with Crippen molar-refractivity contribution < 1.29 is 22.7 Å². The maximum Gasteiger partial charge on any atom is 0.338 e. The topological polar surface area (TPSA) is 81.7 Å². The summed E-state index contributed by atoms with van der Waals surface area (Å²) in [7, 11) is -2.51. The molecule has 0 fully saturated rings. The van der Waals surface area contributed by atoms with Gasteiger partial charge in [-0.25, -0.2) is 17.9 Å². The Morgan fingerprint density at radius 1 is 1.14 bits per heavy atom. The summed E-state index contributed by atoms with van der Waals surface area (Å²) in [4.78, 5) is 12.0. The third-order valence-electron chi connectivity index (χ3n) is 4.17. The van der Waals surface area contributed by atoms with Crippen LogP contribution in [0.3, 0.4) is 0 Å². The van der Waals surface area contributed by atoms with E-state index in [1.165, 1.54) is 30.8 Å². The molecule has 0 atom stereocenters. The lowest BCUT2D eigenvalue weighted by Crippen LogP contribution is -2.20. The van der Waals surface area contributed by atoms with Gasteiger partial charge in [0, 0.05) is 0 Å². The van der Waals surface area contributed by atoms with Gasteiger partial charge in [0.2, 0.25) is 10.0 Å². The van der Waals surface area contributed by atoms with Gasteiger partial charge in [-0.1, -0.05) is 31.5 Å². The van der Waals surface area contributed by atoms with Gasteiger partial charge in [-0.2, -0.15) is 0 Å². The molecule has 8 heteroatoms. The molecule has 1 N–H and O–H groups in total. The van der Waals surface area contributed by atoms with E-state index in [0.29, 0.717) is 11.7 Å². The number of nitrogens with one attached hydrogen (secondary N) is 1. The molecule has 28 heavy (non-hydrogen) atoms. The van der Waals surface area contributed by atoms with Gasteiger partial charge < -0.3 is 9.47 Å². The van der Waals surface area contributed by atoms with Crippen LogP contribution in [0.5, 0.6) is 5.75 Å². The molecular formula is C20H24ClNO5S. The van der Waals surface area contributed by atoms with Crippen LogP contribution in [0.25, 0.3) is 0 Å². The highest BCUT2D eigenvalue weighted by atomic mass is 35.5. The van der Waals surface area contributed by atoms with Gasteiger partial charge in [-0.3, -0.25) is 0 Å². The molecule has 0 bridgehead atoms. The van der Waals surface area contributed by atoms with Crippen molar-refractivity contribution in [3.63, 3.8) is 0 Å². The minimum atomic E-state index is -3.77. The average Bonchev–Trinajstić information content (AvgIpc) is 2.65. The number of ether oxygens (including phenoxy) is 2. The summed E-state index contributed by atoms with van der Waals surface area (Å²) in [5.41, 5.74) is 2.49. The Morgan fingerprint density at radius 3 is 2.46 bits per heavy atom. The number of benzene rings is 2. The van der Waals surface area contributed by atoms with Gasteiger partial charge in [-0.05, 0) is 61.3 Å². The zero-order valence-corrected chi connectivity index (χ0v) is 17.9. The van der Waals surface area contributed by atoms with Crippen molar-refractivity contribution in [2.24, 2.45) is 0 Å². The predicted molar refractivity (Wildman–Crippen MR) is 109 cm³/mol. The first-order valence-electron chi connectivity index (χ1n) is 8.79. The molecule has 0 aliphatic heterocycles. The molecule has 0 unspecified atom stereocenters. The van der Waals surface area contributed by atoms with E-state index in [0.717, 1.165) is 5.56 Å². The molecule has 0 spiro atoms. The number of hydrogen-bond donors (Lipinski definition) is 1. The molecular weight excluding hydrogens is 402 g/mol. The van der Waals surface area contributed by atoms with Crippen LogP contribution in [0.4, 0.5) is 0 Å². The van der Waals surface area contributed by atoms with Crippen LogP contribution in [-0.2, 0) is 14.8 Å². The largest absolute Gasteiger partial charge is 0.490 e. The summed E-state index contributed by atoms with van der Waals surface area (Å²) in [6.07, 6.45) is 0. The third-order valence-corrected chi connectivity index (χ3v) is 6.07. The van der Waals surface area contributed by atoms with Crippen LogP contribution in [0.1, 0.15) is 41.3 Å². The zero-order valence-electron chi connectivity index (χ0n) is 16.3. The number of carbonyl (C=O) groups is 1. The fourth-order valence-corrected chi connectivity index (χ4v) is 3.96. The Balaban J connectivity index is 1.95. The molecule has 2 rings (SSSR count). The van der Waals surface area contributed by atoms with Crippen LogP contribution in [0, 0.1) is 6.92 Å². The fraction of sp³-hybridized carbons (Fsp3) is 0.350. The van der Waals surface area contributed by atoms with E-state index in [2.05, 4.69) is 18.6 Å². The Bertz CT molecular complexity index is 957. The molecule has 0 saturated heterocycles. The van der Waals surface area contributed by atoms with Crippen LogP contribution >= 0.6 is 11.6 Å². The van der Waals surface area contributed by atoms with Crippen molar-refractivity contribution in [1.29, 1.82) is 0 Å². The summed E-state index contributed by atoms with van der Waals surface area (Å²) in [5.74, 6) is 0.483. The molecule has 0 heterocycles. The Kier molecular flexibility index (Phi) is 7.46. The molecule has 2 aromatic carbocycles. The minimum absolute atomic E-state index is 0.0226. The first kappa shape index (κ1) is 22.2. The minimum Gasteiger partial charge on any atom is -0.490 e. The average molecular weight is 426 g/mol. The number of carbonyl (C=O) groups excluding carboxylic acids is 1. The summed E-state index contributed by atoms with van der Waals surface area (Å²) in [6, 6.07) is 9.81. The second-order valence-electron chi connectivity index (χ2n) is 6.51. The maximum atomic E-state index is 12.2. The Labute approximate surface area is 170 Å². The van der Waals surface area contributed by atoms with Crippen LogP contribution in [-0.4, -0.2) is 34.6 Å². The molecule has 0 aliphatic carbocycles. The lowest BCUT2D eigenvalue weighted by molar-refractivity contribution is 0.0450. The number of aryl methyl sites for hydroxylation is 1. The molecule has 2 aromatic rings. The molecule has 0 amide bonds. The van der Waals surface area contributed by atoms with E-state index in [9.17, 15) is 13.2 Å². The van der Waals surface area contributed by atoms with Gasteiger partial charge in [0.25, 0.3) is 0 Å². The van der Waals surface area contributed by atoms with E-state index >= 15 is 0 Å². The zero-order chi connectivity index (χ0) is 20.9.